The van der Waals surface area contributed by atoms with Crippen molar-refractivity contribution in [1.82, 2.24) is 5.43 Å². The number of rotatable bonds is 2. The predicted octanol–water partition coefficient (Wildman–Crippen LogP) is 1.04. The Morgan fingerprint density at radius 1 is 1.50 bits per heavy atom. The number of nitrogens with zero attached hydrogens (tertiary/aromatic N) is 1. The van der Waals surface area contributed by atoms with Crippen LogP contribution in [-0.4, -0.2) is 21.9 Å². The van der Waals surface area contributed by atoms with Gasteiger partial charge in [-0.25, -0.2) is 0 Å². The van der Waals surface area contributed by atoms with Crippen LogP contribution in [0.2, 0.25) is 10.0 Å². The molecule has 0 heterocycles. The van der Waals surface area contributed by atoms with Crippen molar-refractivity contribution in [3.63, 3.8) is 0 Å². The Bertz CT molecular complexity index is 426. The van der Waals surface area contributed by atoms with Gasteiger partial charge in [0.1, 0.15) is 5.75 Å². The number of hydrogen-bond acceptors (Lipinski definition) is 3. The van der Waals surface area contributed by atoms with E-state index < -0.39 is 0 Å². The maximum atomic E-state index is 9.51. The van der Waals surface area contributed by atoms with E-state index in [2.05, 4.69) is 22.7 Å². The molecule has 1 rings (SSSR count). The first-order valence-corrected chi connectivity index (χ1v) is 4.93. The van der Waals surface area contributed by atoms with Gasteiger partial charge in [0.25, 0.3) is 0 Å². The quantitative estimate of drug-likeness (QED) is 0.428. The lowest BCUT2D eigenvalue weighted by molar-refractivity contribution is 0.474. The van der Waals surface area contributed by atoms with E-state index in [-0.39, 0.29) is 21.4 Å². The molecule has 1 aromatic carbocycles. The van der Waals surface area contributed by atoms with Gasteiger partial charge in [0.15, 0.2) is 5.11 Å². The van der Waals surface area contributed by atoms with Crippen molar-refractivity contribution in [2.24, 2.45) is 10.8 Å². The fourth-order valence-corrected chi connectivity index (χ4v) is 1.41. The Morgan fingerprint density at radius 2 is 2.12 bits per heavy atom. The number of hydrazone groups is 1. The van der Waals surface area contributed by atoms with Gasteiger partial charge in [0.2, 0.25) is 0 Å². The highest BCUT2D eigenvalue weighted by atomic mass is 35.5. The first kappa shape index (κ1) is 14.9. The Kier molecular flexibility index (Phi) is 6.05. The Morgan fingerprint density at radius 3 is 2.69 bits per heavy atom. The topological polar surface area (TPSA) is 102 Å². The van der Waals surface area contributed by atoms with E-state index in [1.54, 1.807) is 0 Å². The van der Waals surface area contributed by atoms with Gasteiger partial charge >= 0.3 is 0 Å². The molecular formula is C8H9Cl2N3O2S. The number of halogens is 2. The van der Waals surface area contributed by atoms with Gasteiger partial charge in [-0.05, 0) is 24.4 Å². The monoisotopic (exact) mass is 281 g/mol. The first-order chi connectivity index (χ1) is 7.00. The van der Waals surface area contributed by atoms with Crippen LogP contribution >= 0.6 is 35.4 Å². The molecule has 88 valence electrons. The van der Waals surface area contributed by atoms with Crippen LogP contribution in [0, 0.1) is 0 Å². The highest BCUT2D eigenvalue weighted by Gasteiger charge is 2.05. The number of nitrogens with two attached hydrogens (primary N) is 1. The first-order valence-electron chi connectivity index (χ1n) is 3.77. The average molecular weight is 282 g/mol. The van der Waals surface area contributed by atoms with Crippen LogP contribution in [0.1, 0.15) is 5.56 Å². The van der Waals surface area contributed by atoms with E-state index in [0.717, 1.165) is 0 Å². The molecular weight excluding hydrogens is 273 g/mol. The molecule has 0 amide bonds. The third-order valence-electron chi connectivity index (χ3n) is 1.44. The minimum atomic E-state index is -0.102. The summed E-state index contributed by atoms with van der Waals surface area (Å²) in [6, 6.07) is 2.93. The lowest BCUT2D eigenvalue weighted by atomic mass is 10.2. The predicted molar refractivity (Wildman–Crippen MR) is 69.3 cm³/mol. The second-order valence-corrected chi connectivity index (χ2v) is 3.84. The van der Waals surface area contributed by atoms with Gasteiger partial charge < -0.3 is 16.3 Å². The number of hydrogen-bond donors (Lipinski definition) is 3. The summed E-state index contributed by atoms with van der Waals surface area (Å²) >= 11 is 16.0. The molecule has 8 heteroatoms. The number of aromatic hydroxyl groups is 1. The van der Waals surface area contributed by atoms with Crippen molar-refractivity contribution in [3.05, 3.63) is 27.7 Å². The maximum absolute atomic E-state index is 9.51. The largest absolute Gasteiger partial charge is 0.506 e. The van der Waals surface area contributed by atoms with E-state index in [9.17, 15) is 5.11 Å². The highest BCUT2D eigenvalue weighted by Crippen LogP contribution is 2.29. The minimum Gasteiger partial charge on any atom is -0.506 e. The lowest BCUT2D eigenvalue weighted by Crippen LogP contribution is -2.23. The smallest absolute Gasteiger partial charge is 0.184 e. The SMILES string of the molecule is NC(=S)N/N=C/c1cc(Cl)cc(Cl)c1O.O. The third kappa shape index (κ3) is 4.19. The number of phenols is 1. The van der Waals surface area contributed by atoms with Crippen LogP contribution in [0.4, 0.5) is 0 Å². The van der Waals surface area contributed by atoms with Gasteiger partial charge in [-0.15, -0.1) is 0 Å². The number of thiocarbonyl (C=S) groups is 1. The molecule has 16 heavy (non-hydrogen) atoms. The summed E-state index contributed by atoms with van der Waals surface area (Å²) in [7, 11) is 0. The number of phenolic OH excluding ortho intramolecular Hbond substituents is 1. The number of benzene rings is 1. The molecule has 0 atom stereocenters. The average Bonchev–Trinajstić information content (AvgIpc) is 2.12. The van der Waals surface area contributed by atoms with Crippen molar-refractivity contribution in [3.8, 4) is 5.75 Å². The Hall–Kier alpha value is -1.08. The van der Waals surface area contributed by atoms with Gasteiger partial charge in [0.05, 0.1) is 11.2 Å². The Labute approximate surface area is 107 Å². The van der Waals surface area contributed by atoms with E-state index in [1.165, 1.54) is 18.3 Å². The maximum Gasteiger partial charge on any atom is 0.184 e. The van der Waals surface area contributed by atoms with E-state index in [0.29, 0.717) is 10.6 Å². The zero-order chi connectivity index (χ0) is 11.4. The Balaban J connectivity index is 0.00000225. The summed E-state index contributed by atoms with van der Waals surface area (Å²) in [5.74, 6) is -0.102. The van der Waals surface area contributed by atoms with Crippen molar-refractivity contribution in [1.29, 1.82) is 0 Å². The fraction of sp³-hybridized carbons (Fsp3) is 0. The van der Waals surface area contributed by atoms with Gasteiger partial charge in [-0.1, -0.05) is 23.2 Å². The second-order valence-electron chi connectivity index (χ2n) is 2.56. The molecule has 0 aromatic heterocycles. The van der Waals surface area contributed by atoms with Crippen molar-refractivity contribution in [2.75, 3.05) is 0 Å². The van der Waals surface area contributed by atoms with Crippen molar-refractivity contribution >= 4 is 46.7 Å². The van der Waals surface area contributed by atoms with Crippen LogP contribution in [-0.2, 0) is 0 Å². The van der Waals surface area contributed by atoms with Gasteiger partial charge in [-0.2, -0.15) is 5.10 Å². The van der Waals surface area contributed by atoms with Crippen LogP contribution in [0.5, 0.6) is 5.75 Å². The highest BCUT2D eigenvalue weighted by molar-refractivity contribution is 7.80. The van der Waals surface area contributed by atoms with E-state index in [4.69, 9.17) is 28.9 Å². The molecule has 1 aromatic rings. The molecule has 0 spiro atoms. The summed E-state index contributed by atoms with van der Waals surface area (Å²) < 4.78 is 0. The molecule has 0 aliphatic rings. The van der Waals surface area contributed by atoms with E-state index in [1.807, 2.05) is 0 Å². The van der Waals surface area contributed by atoms with E-state index >= 15 is 0 Å². The van der Waals surface area contributed by atoms with Crippen molar-refractivity contribution < 1.29 is 10.6 Å². The molecule has 0 fully saturated rings. The molecule has 6 N–H and O–H groups in total. The lowest BCUT2D eigenvalue weighted by Gasteiger charge is -2.02. The fourth-order valence-electron chi connectivity index (χ4n) is 0.850. The third-order valence-corrected chi connectivity index (χ3v) is 2.03. The second kappa shape index (κ2) is 6.49. The summed E-state index contributed by atoms with van der Waals surface area (Å²) in [6.07, 6.45) is 1.31. The molecule has 0 saturated heterocycles. The molecule has 0 aliphatic heterocycles. The molecule has 5 nitrogen and oxygen atoms in total. The van der Waals surface area contributed by atoms with Crippen LogP contribution in [0.15, 0.2) is 17.2 Å². The normalized spacial score (nSPS) is 9.88. The molecule has 0 saturated carbocycles. The van der Waals surface area contributed by atoms with Crippen LogP contribution < -0.4 is 11.2 Å². The minimum absolute atomic E-state index is 0. The summed E-state index contributed by atoms with van der Waals surface area (Å²) in [5, 5.41) is 13.8. The molecule has 0 radical (unpaired) electrons. The zero-order valence-corrected chi connectivity index (χ0v) is 10.2. The number of nitrogens with one attached hydrogen (secondary N) is 1. The summed E-state index contributed by atoms with van der Waals surface area (Å²) in [5.41, 5.74) is 7.86. The van der Waals surface area contributed by atoms with Gasteiger partial charge in [0, 0.05) is 10.6 Å². The standard InChI is InChI=1S/C8H7Cl2N3OS.H2O/c9-5-1-4(3-12-13-8(11)15)7(14)6(10)2-5;/h1-3,14H,(H3,11,13,15);1H2/b12-3+;. The van der Waals surface area contributed by atoms with Crippen LogP contribution in [0.25, 0.3) is 0 Å². The molecule has 0 bridgehead atoms. The van der Waals surface area contributed by atoms with Crippen LogP contribution in [0.3, 0.4) is 0 Å². The molecule has 0 unspecified atom stereocenters. The van der Waals surface area contributed by atoms with Crippen molar-refractivity contribution in [2.45, 2.75) is 0 Å². The van der Waals surface area contributed by atoms with Gasteiger partial charge in [-0.3, -0.25) is 5.43 Å². The summed E-state index contributed by atoms with van der Waals surface area (Å²) in [4.78, 5) is 0. The zero-order valence-electron chi connectivity index (χ0n) is 7.87. The molecule has 0 aliphatic carbocycles. The summed E-state index contributed by atoms with van der Waals surface area (Å²) in [6.45, 7) is 0.